The molecule has 5 nitrogen and oxygen atoms in total. The minimum absolute atomic E-state index is 0.0146. The van der Waals surface area contributed by atoms with Crippen LogP contribution in [0.25, 0.3) is 0 Å². The molecule has 0 aromatic heterocycles. The lowest BCUT2D eigenvalue weighted by Crippen LogP contribution is -2.61. The van der Waals surface area contributed by atoms with Gasteiger partial charge in [-0.3, -0.25) is 8.90 Å². The van der Waals surface area contributed by atoms with Gasteiger partial charge in [-0.1, -0.05) is 83.1 Å². The molecule has 0 aromatic carbocycles. The van der Waals surface area contributed by atoms with Gasteiger partial charge in [0.1, 0.15) is 18.3 Å². The fourth-order valence-electron chi connectivity index (χ4n) is 6.90. The Kier molecular flexibility index (Phi) is 7.18. The van der Waals surface area contributed by atoms with Gasteiger partial charge in [0.25, 0.3) is 0 Å². The Labute approximate surface area is 202 Å². The van der Waals surface area contributed by atoms with Gasteiger partial charge in [0.2, 0.25) is 0 Å². The Morgan fingerprint density at radius 2 is 1.39 bits per heavy atom. The van der Waals surface area contributed by atoms with Gasteiger partial charge in [0.15, 0.2) is 8.32 Å². The molecular weight excluding hydrogens is 455 g/mol. The number of halogens is 1. The largest absolute Gasteiger partial charge is 0.459 e. The third kappa shape index (κ3) is 4.30. The lowest BCUT2D eigenvalue weighted by atomic mass is 10.0. The molecule has 2 heterocycles. The fraction of sp³-hybridized carbons (Fsp3) is 0.960. The van der Waals surface area contributed by atoms with Crippen LogP contribution >= 0.6 is 0 Å². The normalized spacial score (nSPS) is 32.5. The van der Waals surface area contributed by atoms with Crippen LogP contribution in [0.2, 0.25) is 26.7 Å². The summed E-state index contributed by atoms with van der Waals surface area (Å²) in [5, 5.41) is -1.29. The first kappa shape index (κ1) is 27.3. The predicted octanol–water partition coefficient (Wildman–Crippen LogP) is 6.51. The molecule has 0 bridgehead atoms. The number of hydrogen-bond donors (Lipinski definition) is 0. The van der Waals surface area contributed by atoms with Crippen LogP contribution in [0, 0.1) is 11.8 Å². The molecule has 8 heteroatoms. The van der Waals surface area contributed by atoms with Crippen molar-refractivity contribution in [2.45, 2.75) is 134 Å². The van der Waals surface area contributed by atoms with Crippen LogP contribution in [0.4, 0.5) is 4.11 Å². The Bertz CT molecular complexity index is 706. The summed E-state index contributed by atoms with van der Waals surface area (Å²) in [6.07, 6.45) is -1.67. The molecule has 2 saturated heterocycles. The molecule has 3 aliphatic rings. The summed E-state index contributed by atoms with van der Waals surface area (Å²) in [6.45, 7) is 25.3. The van der Waals surface area contributed by atoms with E-state index >= 15 is 4.11 Å². The maximum atomic E-state index is 16.9. The molecule has 192 valence electrons. The summed E-state index contributed by atoms with van der Waals surface area (Å²) in [7, 11) is -5.95. The third-order valence-electron chi connectivity index (χ3n) is 8.37. The van der Waals surface area contributed by atoms with Gasteiger partial charge in [-0.2, -0.15) is 0 Å². The van der Waals surface area contributed by atoms with E-state index in [-0.39, 0.29) is 23.9 Å². The molecule has 2 aliphatic heterocycles. The van der Waals surface area contributed by atoms with Crippen LogP contribution in [0.15, 0.2) is 0 Å². The highest BCUT2D eigenvalue weighted by molar-refractivity contribution is 6.77. The smallest absolute Gasteiger partial charge is 0.394 e. The van der Waals surface area contributed by atoms with Crippen molar-refractivity contribution in [2.24, 2.45) is 11.8 Å². The second-order valence-electron chi connectivity index (χ2n) is 13.5. The van der Waals surface area contributed by atoms with Crippen molar-refractivity contribution in [1.29, 1.82) is 0 Å². The van der Waals surface area contributed by atoms with Crippen molar-refractivity contribution in [3.63, 3.8) is 0 Å². The van der Waals surface area contributed by atoms with E-state index in [0.29, 0.717) is 23.2 Å². The Hall–Kier alpha value is -0.286. The number of carbonyl (C=O) groups is 1. The zero-order valence-corrected chi connectivity index (χ0v) is 24.8. The summed E-state index contributed by atoms with van der Waals surface area (Å²) in [6, 6.07) is 0. The zero-order valence-electron chi connectivity index (χ0n) is 22.8. The number of esters is 1. The zero-order chi connectivity index (χ0) is 25.3. The average Bonchev–Trinajstić information content (AvgIpc) is 3.24. The molecule has 1 saturated carbocycles. The number of hydrogen-bond acceptors (Lipinski definition) is 5. The lowest BCUT2D eigenvalue weighted by molar-refractivity contribution is -0.185. The molecule has 0 aromatic rings. The SMILES string of the molecule is CC(C)[Si](OC[C@H]1O[C@H]2C3C(=O)O[C@@H]([C@@H]1O[Si](F)(C(C)(C)C)C(C)(C)C)[C@H]32)(C(C)C)C(C)C. The Balaban J connectivity index is 1.93. The minimum atomic E-state index is -3.81. The van der Waals surface area contributed by atoms with Crippen LogP contribution in [-0.4, -0.2) is 54.0 Å². The highest BCUT2D eigenvalue weighted by Gasteiger charge is 2.74. The maximum Gasteiger partial charge on any atom is 0.394 e. The molecular formula is C25H47FO5Si2. The molecule has 3 rings (SSSR count). The van der Waals surface area contributed by atoms with Gasteiger partial charge in [-0.15, -0.1) is 0 Å². The topological polar surface area (TPSA) is 54.0 Å². The van der Waals surface area contributed by atoms with E-state index < -0.39 is 45.4 Å². The van der Waals surface area contributed by atoms with E-state index in [4.69, 9.17) is 18.3 Å². The van der Waals surface area contributed by atoms with Crippen LogP contribution in [-0.2, 0) is 23.1 Å². The van der Waals surface area contributed by atoms with E-state index in [1.807, 2.05) is 41.5 Å². The van der Waals surface area contributed by atoms with Crippen LogP contribution in [0.1, 0.15) is 83.1 Å². The van der Waals surface area contributed by atoms with Gasteiger partial charge in [-0.25, -0.2) is 0 Å². The molecule has 6 atom stereocenters. The van der Waals surface area contributed by atoms with Gasteiger partial charge < -0.3 is 18.3 Å². The second kappa shape index (κ2) is 8.68. The summed E-state index contributed by atoms with van der Waals surface area (Å²) in [5.41, 5.74) is 1.30. The third-order valence-corrected chi connectivity index (χ3v) is 18.9. The number of ether oxygens (including phenoxy) is 2. The highest BCUT2D eigenvalue weighted by Crippen LogP contribution is 2.60. The summed E-state index contributed by atoms with van der Waals surface area (Å²) in [4.78, 5) is 12.4. The molecule has 0 N–H and O–H groups in total. The molecule has 3 fully saturated rings. The van der Waals surface area contributed by atoms with Gasteiger partial charge >= 0.3 is 14.6 Å². The van der Waals surface area contributed by atoms with E-state index in [1.54, 1.807) is 0 Å². The highest BCUT2D eigenvalue weighted by atomic mass is 28.4. The van der Waals surface area contributed by atoms with E-state index in [2.05, 4.69) is 41.5 Å². The monoisotopic (exact) mass is 502 g/mol. The minimum Gasteiger partial charge on any atom is -0.459 e. The van der Waals surface area contributed by atoms with E-state index in [9.17, 15) is 4.79 Å². The summed E-state index contributed by atoms with van der Waals surface area (Å²) in [5.74, 6) is -0.469. The van der Waals surface area contributed by atoms with Gasteiger partial charge in [0, 0.05) is 16.0 Å². The first-order valence-corrected chi connectivity index (χ1v) is 16.7. The predicted molar refractivity (Wildman–Crippen MR) is 134 cm³/mol. The Morgan fingerprint density at radius 1 is 0.909 bits per heavy atom. The Morgan fingerprint density at radius 3 is 1.82 bits per heavy atom. The second-order valence-corrected chi connectivity index (χ2v) is 23.3. The molecule has 33 heavy (non-hydrogen) atoms. The number of fused-ring (bicyclic) bond motifs is 1. The molecule has 1 unspecified atom stereocenters. The van der Waals surface area contributed by atoms with Crippen molar-refractivity contribution >= 4 is 22.9 Å². The maximum absolute atomic E-state index is 16.9. The quantitative estimate of drug-likeness (QED) is 0.215. The van der Waals surface area contributed by atoms with Gasteiger partial charge in [0.05, 0.1) is 18.6 Å². The summed E-state index contributed by atoms with van der Waals surface area (Å²) >= 11 is 0. The van der Waals surface area contributed by atoms with Crippen LogP contribution in [0.5, 0.6) is 0 Å². The van der Waals surface area contributed by atoms with Crippen molar-refractivity contribution in [2.75, 3.05) is 6.61 Å². The fourth-order valence-corrected chi connectivity index (χ4v) is 16.0. The summed E-state index contributed by atoms with van der Waals surface area (Å²) < 4.78 is 42.4. The molecule has 1 aliphatic carbocycles. The van der Waals surface area contributed by atoms with Crippen LogP contribution in [0.3, 0.4) is 0 Å². The first-order chi connectivity index (χ1) is 14.9. The molecule has 0 radical (unpaired) electrons. The molecule has 0 amide bonds. The van der Waals surface area contributed by atoms with Crippen molar-refractivity contribution in [3.8, 4) is 0 Å². The van der Waals surface area contributed by atoms with E-state index in [1.165, 1.54) is 0 Å². The van der Waals surface area contributed by atoms with Crippen LogP contribution < -0.4 is 0 Å². The van der Waals surface area contributed by atoms with Crippen molar-refractivity contribution < 1.29 is 27.2 Å². The lowest BCUT2D eigenvalue weighted by Gasteiger charge is -2.49. The van der Waals surface area contributed by atoms with Crippen molar-refractivity contribution in [1.82, 2.24) is 0 Å². The van der Waals surface area contributed by atoms with Crippen molar-refractivity contribution in [3.05, 3.63) is 0 Å². The average molecular weight is 503 g/mol. The van der Waals surface area contributed by atoms with Gasteiger partial charge in [-0.05, 0) is 16.6 Å². The standard InChI is InChI=1S/C25H47FO5Si2/c1-14(2)32(15(3)4,16(5)6)28-13-17-20(22-18-19(21(18)29-17)23(27)30-22)31-33(26,24(7,8)9)25(10,11)12/h14-22H,13H2,1-12H3/t17-,18-,19?,20-,21-,22-/m1/s1. The first-order valence-electron chi connectivity index (χ1n) is 12.8. The number of carbonyl (C=O) groups excluding carboxylic acids is 1. The molecule has 0 spiro atoms. The number of rotatable bonds is 8. The van der Waals surface area contributed by atoms with E-state index in [0.717, 1.165) is 0 Å².